The van der Waals surface area contributed by atoms with Gasteiger partial charge in [-0.15, -0.1) is 0 Å². The summed E-state index contributed by atoms with van der Waals surface area (Å²) in [6.07, 6.45) is 0.526. The molecule has 0 aromatic heterocycles. The van der Waals surface area contributed by atoms with Gasteiger partial charge in [0.2, 0.25) is 0 Å². The fourth-order valence-corrected chi connectivity index (χ4v) is 2.05. The van der Waals surface area contributed by atoms with Gasteiger partial charge >= 0.3 is 0 Å². The molecule has 1 aliphatic heterocycles. The lowest BCUT2D eigenvalue weighted by Gasteiger charge is -2.22. The maximum Gasteiger partial charge on any atom is 0.161 e. The predicted octanol–water partition coefficient (Wildman–Crippen LogP) is 1.66. The molecule has 0 bridgehead atoms. The fourth-order valence-electron chi connectivity index (χ4n) is 2.05. The van der Waals surface area contributed by atoms with Crippen LogP contribution in [0, 0.1) is 0 Å². The third kappa shape index (κ3) is 3.37. The normalized spacial score (nSPS) is 15.8. The summed E-state index contributed by atoms with van der Waals surface area (Å²) in [7, 11) is 2.01. The summed E-state index contributed by atoms with van der Waals surface area (Å²) < 4.78 is 11.0. The van der Waals surface area contributed by atoms with Gasteiger partial charge in [0.15, 0.2) is 11.5 Å². The zero-order chi connectivity index (χ0) is 13.0. The highest BCUT2D eigenvalue weighted by Gasteiger charge is 2.13. The molecule has 0 fully saturated rings. The molecule has 1 heterocycles. The second-order valence-electron chi connectivity index (χ2n) is 4.74. The van der Waals surface area contributed by atoms with Gasteiger partial charge < -0.3 is 14.6 Å². The van der Waals surface area contributed by atoms with E-state index in [0.29, 0.717) is 19.8 Å². The SMILES string of the molecule is CCC(O)CN(C)Cc1ccc2c(c1)OCCO2. The fraction of sp³-hybridized carbons (Fsp3) is 0.571. The Hall–Kier alpha value is -1.26. The molecule has 18 heavy (non-hydrogen) atoms. The average Bonchev–Trinajstić information content (AvgIpc) is 2.38. The minimum Gasteiger partial charge on any atom is -0.486 e. The topological polar surface area (TPSA) is 41.9 Å². The molecule has 0 radical (unpaired) electrons. The molecule has 2 rings (SSSR count). The maximum absolute atomic E-state index is 9.61. The molecule has 1 aliphatic rings. The largest absolute Gasteiger partial charge is 0.486 e. The molecule has 1 unspecified atom stereocenters. The summed E-state index contributed by atoms with van der Waals surface area (Å²) in [5.41, 5.74) is 1.17. The van der Waals surface area contributed by atoms with E-state index in [4.69, 9.17) is 9.47 Å². The molecular weight excluding hydrogens is 230 g/mol. The van der Waals surface area contributed by atoms with Crippen LogP contribution in [0.1, 0.15) is 18.9 Å². The first-order chi connectivity index (χ1) is 8.69. The Kier molecular flexibility index (Phi) is 4.44. The first-order valence-corrected chi connectivity index (χ1v) is 6.44. The van der Waals surface area contributed by atoms with E-state index in [9.17, 15) is 5.11 Å². The summed E-state index contributed by atoms with van der Waals surface area (Å²) >= 11 is 0. The Bertz CT molecular complexity index is 395. The van der Waals surface area contributed by atoms with Gasteiger partial charge in [0.05, 0.1) is 6.10 Å². The Labute approximate surface area is 108 Å². The van der Waals surface area contributed by atoms with Gasteiger partial charge in [0.25, 0.3) is 0 Å². The standard InChI is InChI=1S/C14H21NO3/c1-3-12(16)10-15(2)9-11-4-5-13-14(8-11)18-7-6-17-13/h4-5,8,12,16H,3,6-7,9-10H2,1-2H3. The van der Waals surface area contributed by atoms with Crippen LogP contribution in [0.3, 0.4) is 0 Å². The third-order valence-electron chi connectivity index (χ3n) is 3.05. The van der Waals surface area contributed by atoms with Crippen LogP contribution < -0.4 is 9.47 Å². The minimum atomic E-state index is -0.257. The Morgan fingerprint density at radius 1 is 1.28 bits per heavy atom. The van der Waals surface area contributed by atoms with Crippen molar-refractivity contribution in [1.29, 1.82) is 0 Å². The Balaban J connectivity index is 1.97. The first-order valence-electron chi connectivity index (χ1n) is 6.44. The molecule has 0 amide bonds. The van der Waals surface area contributed by atoms with Crippen LogP contribution in [0.2, 0.25) is 0 Å². The van der Waals surface area contributed by atoms with Crippen LogP contribution in [-0.4, -0.2) is 42.9 Å². The molecule has 4 heteroatoms. The van der Waals surface area contributed by atoms with Crippen LogP contribution in [0.15, 0.2) is 18.2 Å². The number of hydrogen-bond donors (Lipinski definition) is 1. The lowest BCUT2D eigenvalue weighted by atomic mass is 10.1. The molecule has 4 nitrogen and oxygen atoms in total. The molecule has 1 aromatic carbocycles. The van der Waals surface area contributed by atoms with Gasteiger partial charge in [-0.1, -0.05) is 13.0 Å². The summed E-state index contributed by atoms with van der Waals surface area (Å²) in [6.45, 7) is 4.71. The zero-order valence-electron chi connectivity index (χ0n) is 11.1. The molecule has 1 aromatic rings. The van der Waals surface area contributed by atoms with Crippen molar-refractivity contribution in [3.8, 4) is 11.5 Å². The van der Waals surface area contributed by atoms with Crippen LogP contribution in [0.5, 0.6) is 11.5 Å². The van der Waals surface area contributed by atoms with Gasteiger partial charge in [-0.25, -0.2) is 0 Å². The monoisotopic (exact) mass is 251 g/mol. The Morgan fingerprint density at radius 3 is 2.72 bits per heavy atom. The highest BCUT2D eigenvalue weighted by molar-refractivity contribution is 5.43. The number of aliphatic hydroxyl groups excluding tert-OH is 1. The third-order valence-corrected chi connectivity index (χ3v) is 3.05. The number of fused-ring (bicyclic) bond motifs is 1. The molecule has 1 atom stereocenters. The van der Waals surface area contributed by atoms with E-state index >= 15 is 0 Å². The second kappa shape index (κ2) is 6.07. The Morgan fingerprint density at radius 2 is 2.00 bits per heavy atom. The van der Waals surface area contributed by atoms with Crippen molar-refractivity contribution in [1.82, 2.24) is 4.90 Å². The molecule has 0 saturated heterocycles. The number of ether oxygens (including phenoxy) is 2. The summed E-state index contributed by atoms with van der Waals surface area (Å²) in [4.78, 5) is 2.11. The molecule has 1 N–H and O–H groups in total. The van der Waals surface area contributed by atoms with Gasteiger partial charge in [0, 0.05) is 13.1 Å². The van der Waals surface area contributed by atoms with Crippen molar-refractivity contribution >= 4 is 0 Å². The number of benzene rings is 1. The van der Waals surface area contributed by atoms with E-state index < -0.39 is 0 Å². The highest BCUT2D eigenvalue weighted by Crippen LogP contribution is 2.30. The quantitative estimate of drug-likeness (QED) is 0.864. The van der Waals surface area contributed by atoms with Crippen LogP contribution in [-0.2, 0) is 6.54 Å². The number of rotatable bonds is 5. The molecule has 0 saturated carbocycles. The lowest BCUT2D eigenvalue weighted by molar-refractivity contribution is 0.119. The van der Waals surface area contributed by atoms with Crippen molar-refractivity contribution in [2.75, 3.05) is 26.8 Å². The van der Waals surface area contributed by atoms with Gasteiger partial charge in [0.1, 0.15) is 13.2 Å². The van der Waals surface area contributed by atoms with E-state index in [1.165, 1.54) is 5.56 Å². The van der Waals surface area contributed by atoms with Crippen LogP contribution in [0.4, 0.5) is 0 Å². The number of likely N-dealkylation sites (N-methyl/N-ethyl adjacent to an activating group) is 1. The predicted molar refractivity (Wildman–Crippen MR) is 70.1 cm³/mol. The van der Waals surface area contributed by atoms with E-state index in [1.807, 2.05) is 32.2 Å². The van der Waals surface area contributed by atoms with Crippen molar-refractivity contribution < 1.29 is 14.6 Å². The summed E-state index contributed by atoms with van der Waals surface area (Å²) in [5.74, 6) is 1.64. The van der Waals surface area contributed by atoms with E-state index in [1.54, 1.807) is 0 Å². The molecular formula is C14H21NO3. The highest BCUT2D eigenvalue weighted by atomic mass is 16.6. The van der Waals surface area contributed by atoms with Gasteiger partial charge in [-0.2, -0.15) is 0 Å². The zero-order valence-corrected chi connectivity index (χ0v) is 11.1. The molecule has 0 spiro atoms. The number of aliphatic hydroxyl groups is 1. The van der Waals surface area contributed by atoms with Crippen molar-refractivity contribution in [2.24, 2.45) is 0 Å². The second-order valence-corrected chi connectivity index (χ2v) is 4.74. The van der Waals surface area contributed by atoms with Crippen LogP contribution >= 0.6 is 0 Å². The maximum atomic E-state index is 9.61. The van der Waals surface area contributed by atoms with Gasteiger partial charge in [-0.3, -0.25) is 4.90 Å². The molecule has 100 valence electrons. The first kappa shape index (κ1) is 13.2. The van der Waals surface area contributed by atoms with E-state index in [0.717, 1.165) is 24.5 Å². The summed E-state index contributed by atoms with van der Waals surface area (Å²) in [6, 6.07) is 6.01. The minimum absolute atomic E-state index is 0.257. The summed E-state index contributed by atoms with van der Waals surface area (Å²) in [5, 5.41) is 9.61. The van der Waals surface area contributed by atoms with E-state index in [-0.39, 0.29) is 6.10 Å². The van der Waals surface area contributed by atoms with Crippen molar-refractivity contribution in [3.63, 3.8) is 0 Å². The van der Waals surface area contributed by atoms with E-state index in [2.05, 4.69) is 4.90 Å². The van der Waals surface area contributed by atoms with Crippen molar-refractivity contribution in [3.05, 3.63) is 23.8 Å². The lowest BCUT2D eigenvalue weighted by Crippen LogP contribution is -2.28. The molecule has 0 aliphatic carbocycles. The van der Waals surface area contributed by atoms with Crippen molar-refractivity contribution in [2.45, 2.75) is 26.0 Å². The van der Waals surface area contributed by atoms with Gasteiger partial charge in [-0.05, 0) is 31.2 Å². The number of nitrogens with zero attached hydrogens (tertiary/aromatic N) is 1. The smallest absolute Gasteiger partial charge is 0.161 e. The van der Waals surface area contributed by atoms with Crippen LogP contribution in [0.25, 0.3) is 0 Å². The average molecular weight is 251 g/mol. The number of hydrogen-bond acceptors (Lipinski definition) is 4.